The molecule has 18 heavy (non-hydrogen) atoms. The summed E-state index contributed by atoms with van der Waals surface area (Å²) in [5, 5.41) is 2.46. The van der Waals surface area contributed by atoms with Gasteiger partial charge in [-0.05, 0) is 35.7 Å². The number of hydrogen-bond donors (Lipinski definition) is 0. The summed E-state index contributed by atoms with van der Waals surface area (Å²) in [4.78, 5) is 12.4. The number of rotatable bonds is 3. The fraction of sp³-hybridized carbons (Fsp3) is 0.267. The lowest BCUT2D eigenvalue weighted by Gasteiger charge is -2.10. The van der Waals surface area contributed by atoms with Gasteiger partial charge in [-0.1, -0.05) is 30.3 Å². The van der Waals surface area contributed by atoms with Gasteiger partial charge in [0, 0.05) is 4.90 Å². The predicted octanol–water partition coefficient (Wildman–Crippen LogP) is 3.72. The Kier molecular flexibility index (Phi) is 3.92. The zero-order valence-electron chi connectivity index (χ0n) is 10.8. The molecule has 0 heterocycles. The first-order valence-corrected chi connectivity index (χ1v) is 6.80. The molecule has 0 saturated heterocycles. The average molecular weight is 260 g/mol. The van der Waals surface area contributed by atoms with Crippen LogP contribution in [0.25, 0.3) is 10.8 Å². The normalized spacial score (nSPS) is 10.6. The first kappa shape index (κ1) is 13.0. The number of carbonyl (C=O) groups excluding carboxylic acids is 1. The van der Waals surface area contributed by atoms with Crippen molar-refractivity contribution in [2.24, 2.45) is 0 Å². The van der Waals surface area contributed by atoms with Gasteiger partial charge in [0.1, 0.15) is 0 Å². The van der Waals surface area contributed by atoms with Crippen molar-refractivity contribution in [3.05, 3.63) is 41.5 Å². The van der Waals surface area contributed by atoms with E-state index in [2.05, 4.69) is 48.9 Å². The van der Waals surface area contributed by atoms with Gasteiger partial charge < -0.3 is 4.74 Å². The zero-order valence-corrected chi connectivity index (χ0v) is 11.6. The molecule has 0 aliphatic carbocycles. The Balaban J connectivity index is 2.45. The van der Waals surface area contributed by atoms with Gasteiger partial charge in [0.2, 0.25) is 0 Å². The molecule has 0 amide bonds. The largest absolute Gasteiger partial charge is 0.468 e. The van der Waals surface area contributed by atoms with Crippen LogP contribution in [0.5, 0.6) is 0 Å². The molecule has 0 aliphatic rings. The minimum Gasteiger partial charge on any atom is -0.468 e. The first-order valence-electron chi connectivity index (χ1n) is 5.82. The molecule has 0 radical (unpaired) electrons. The van der Waals surface area contributed by atoms with Crippen LogP contribution >= 0.6 is 11.8 Å². The number of thioether (sulfide) groups is 1. The van der Waals surface area contributed by atoms with Crippen LogP contribution in [0.1, 0.15) is 11.1 Å². The lowest BCUT2D eigenvalue weighted by atomic mass is 10.0. The maximum Gasteiger partial charge on any atom is 0.315 e. The number of hydrogen-bond acceptors (Lipinski definition) is 3. The summed E-state index contributed by atoms with van der Waals surface area (Å²) in [6.07, 6.45) is 0. The molecule has 2 nitrogen and oxygen atoms in total. The monoisotopic (exact) mass is 260 g/mol. The van der Waals surface area contributed by atoms with E-state index in [0.717, 1.165) is 0 Å². The maximum atomic E-state index is 11.3. The van der Waals surface area contributed by atoms with E-state index in [-0.39, 0.29) is 5.97 Å². The lowest BCUT2D eigenvalue weighted by molar-refractivity contribution is -0.137. The molecule has 0 aliphatic heterocycles. The van der Waals surface area contributed by atoms with E-state index in [0.29, 0.717) is 5.75 Å². The van der Waals surface area contributed by atoms with Crippen molar-refractivity contribution in [3.63, 3.8) is 0 Å². The number of methoxy groups -OCH3 is 1. The number of fused-ring (bicyclic) bond motifs is 1. The van der Waals surface area contributed by atoms with Gasteiger partial charge in [0.25, 0.3) is 0 Å². The molecule has 94 valence electrons. The third-order valence-electron chi connectivity index (χ3n) is 2.99. The molecule has 0 unspecified atom stereocenters. The number of carbonyl (C=O) groups is 1. The average Bonchev–Trinajstić information content (AvgIpc) is 2.37. The van der Waals surface area contributed by atoms with Crippen LogP contribution in [0.3, 0.4) is 0 Å². The van der Waals surface area contributed by atoms with Crippen LogP contribution < -0.4 is 0 Å². The summed E-state index contributed by atoms with van der Waals surface area (Å²) in [7, 11) is 1.42. The van der Waals surface area contributed by atoms with Crippen molar-refractivity contribution in [1.29, 1.82) is 0 Å². The minimum atomic E-state index is -0.191. The Hall–Kier alpha value is -1.48. The Labute approximate surface area is 111 Å². The van der Waals surface area contributed by atoms with Crippen molar-refractivity contribution in [2.45, 2.75) is 18.7 Å². The fourth-order valence-corrected chi connectivity index (χ4v) is 2.99. The molecule has 3 heteroatoms. The van der Waals surface area contributed by atoms with Gasteiger partial charge in [-0.3, -0.25) is 4.79 Å². The molecule has 2 rings (SSSR count). The Morgan fingerprint density at radius 1 is 1.11 bits per heavy atom. The number of benzene rings is 2. The summed E-state index contributed by atoms with van der Waals surface area (Å²) < 4.78 is 4.69. The van der Waals surface area contributed by atoms with Gasteiger partial charge in [-0.15, -0.1) is 11.8 Å². The molecular weight excluding hydrogens is 244 g/mol. The highest BCUT2D eigenvalue weighted by molar-refractivity contribution is 8.00. The van der Waals surface area contributed by atoms with Crippen molar-refractivity contribution in [3.8, 4) is 0 Å². The predicted molar refractivity (Wildman–Crippen MR) is 76.2 cm³/mol. The number of esters is 1. The first-order chi connectivity index (χ1) is 8.63. The quantitative estimate of drug-likeness (QED) is 0.621. The van der Waals surface area contributed by atoms with Crippen LogP contribution in [-0.4, -0.2) is 18.8 Å². The maximum absolute atomic E-state index is 11.3. The van der Waals surface area contributed by atoms with Gasteiger partial charge in [0.05, 0.1) is 12.9 Å². The molecule has 0 bridgehead atoms. The van der Waals surface area contributed by atoms with E-state index in [4.69, 9.17) is 0 Å². The molecule has 0 fully saturated rings. The summed E-state index contributed by atoms with van der Waals surface area (Å²) in [5.41, 5.74) is 2.45. The summed E-state index contributed by atoms with van der Waals surface area (Å²) >= 11 is 1.54. The van der Waals surface area contributed by atoms with E-state index < -0.39 is 0 Å². The smallest absolute Gasteiger partial charge is 0.315 e. The van der Waals surface area contributed by atoms with Crippen LogP contribution in [0.2, 0.25) is 0 Å². The molecular formula is C15H16O2S. The Morgan fingerprint density at radius 3 is 2.61 bits per heavy atom. The second kappa shape index (κ2) is 5.44. The second-order valence-corrected chi connectivity index (χ2v) is 5.23. The van der Waals surface area contributed by atoms with E-state index in [1.54, 1.807) is 11.8 Å². The van der Waals surface area contributed by atoms with Crippen LogP contribution in [0.4, 0.5) is 0 Å². The van der Waals surface area contributed by atoms with Crippen molar-refractivity contribution in [2.75, 3.05) is 12.9 Å². The van der Waals surface area contributed by atoms with Gasteiger partial charge in [0.15, 0.2) is 0 Å². The van der Waals surface area contributed by atoms with Crippen LogP contribution in [0, 0.1) is 13.8 Å². The second-order valence-electron chi connectivity index (χ2n) is 4.25. The van der Waals surface area contributed by atoms with Gasteiger partial charge in [-0.25, -0.2) is 0 Å². The highest BCUT2D eigenvalue weighted by Crippen LogP contribution is 2.32. The SMILES string of the molecule is COC(=O)CSc1c(C)ccc2c(C)cccc12. The molecule has 0 spiro atoms. The van der Waals surface area contributed by atoms with Gasteiger partial charge in [-0.2, -0.15) is 0 Å². The third-order valence-corrected chi connectivity index (χ3v) is 4.20. The highest BCUT2D eigenvalue weighted by atomic mass is 32.2. The molecule has 2 aromatic carbocycles. The van der Waals surface area contributed by atoms with Crippen LogP contribution in [0.15, 0.2) is 35.2 Å². The summed E-state index contributed by atoms with van der Waals surface area (Å²) in [6.45, 7) is 4.17. The van der Waals surface area contributed by atoms with Crippen molar-refractivity contribution >= 4 is 28.5 Å². The van der Waals surface area contributed by atoms with Gasteiger partial charge >= 0.3 is 5.97 Å². The number of ether oxygens (including phenoxy) is 1. The van der Waals surface area contributed by atoms with E-state index in [1.807, 2.05) is 0 Å². The van der Waals surface area contributed by atoms with E-state index >= 15 is 0 Å². The Bertz CT molecular complexity index is 590. The van der Waals surface area contributed by atoms with Crippen molar-refractivity contribution in [1.82, 2.24) is 0 Å². The zero-order chi connectivity index (χ0) is 13.1. The fourth-order valence-electron chi connectivity index (χ4n) is 1.98. The summed E-state index contributed by atoms with van der Waals surface area (Å²) in [6, 6.07) is 10.5. The van der Waals surface area contributed by atoms with Crippen LogP contribution in [-0.2, 0) is 9.53 Å². The highest BCUT2D eigenvalue weighted by Gasteiger charge is 2.09. The molecule has 0 atom stereocenters. The van der Waals surface area contributed by atoms with Crippen molar-refractivity contribution < 1.29 is 9.53 Å². The third kappa shape index (κ3) is 2.51. The molecule has 2 aromatic rings. The molecule has 0 aromatic heterocycles. The van der Waals surface area contributed by atoms with E-state index in [1.165, 1.54) is 33.9 Å². The van der Waals surface area contributed by atoms with E-state index in [9.17, 15) is 4.79 Å². The topological polar surface area (TPSA) is 26.3 Å². The number of aryl methyl sites for hydroxylation is 2. The minimum absolute atomic E-state index is 0.191. The Morgan fingerprint density at radius 2 is 1.89 bits per heavy atom. The molecule has 0 N–H and O–H groups in total. The standard InChI is InChI=1S/C15H16O2S/c1-10-5-4-6-13-12(10)8-7-11(2)15(13)18-9-14(16)17-3/h4-8H,9H2,1-3H3. The molecule has 0 saturated carbocycles. The lowest BCUT2D eigenvalue weighted by Crippen LogP contribution is -2.03. The summed E-state index contributed by atoms with van der Waals surface area (Å²) in [5.74, 6) is 0.161.